The quantitative estimate of drug-likeness (QED) is 0.618. The van der Waals surface area contributed by atoms with Gasteiger partial charge in [-0.25, -0.2) is 4.98 Å². The first-order valence-corrected chi connectivity index (χ1v) is 5.96. The van der Waals surface area contributed by atoms with Gasteiger partial charge >= 0.3 is 6.18 Å². The molecule has 0 radical (unpaired) electrons. The first kappa shape index (κ1) is 12.4. The van der Waals surface area contributed by atoms with Crippen LogP contribution < -0.4 is 4.74 Å². The molecule has 1 aromatic heterocycles. The van der Waals surface area contributed by atoms with Crippen molar-refractivity contribution in [1.29, 1.82) is 0 Å². The minimum Gasteiger partial charge on any atom is -0.469 e. The molecule has 1 saturated heterocycles. The first-order chi connectivity index (χ1) is 8.00. The molecule has 0 spiro atoms. The summed E-state index contributed by atoms with van der Waals surface area (Å²) in [6, 6.07) is 0. The van der Waals surface area contributed by atoms with E-state index in [1.165, 1.54) is 0 Å². The molecule has 94 valence electrons. The van der Waals surface area contributed by atoms with Gasteiger partial charge < -0.3 is 9.47 Å². The molecule has 0 N–H and O–H groups in total. The second-order valence-electron chi connectivity index (χ2n) is 3.35. The molecule has 2 heterocycles. The normalized spacial score (nSPS) is 16.7. The lowest BCUT2D eigenvalue weighted by atomic mass is 10.3. The van der Waals surface area contributed by atoms with Crippen LogP contribution in [0.1, 0.15) is 5.56 Å². The molecule has 0 saturated carbocycles. The Kier molecular flexibility index (Phi) is 3.43. The molecule has 1 aliphatic rings. The van der Waals surface area contributed by atoms with Gasteiger partial charge in [0.1, 0.15) is 11.7 Å². The molecule has 8 heteroatoms. The minimum atomic E-state index is -4.52. The van der Waals surface area contributed by atoms with Crippen molar-refractivity contribution in [2.24, 2.45) is 0 Å². The van der Waals surface area contributed by atoms with Gasteiger partial charge in [0.05, 0.1) is 13.2 Å². The van der Waals surface area contributed by atoms with Crippen LogP contribution in [0, 0.1) is 0 Å². The predicted molar refractivity (Wildman–Crippen MR) is 54.1 cm³/mol. The van der Waals surface area contributed by atoms with Crippen LogP contribution in [0.25, 0.3) is 0 Å². The van der Waals surface area contributed by atoms with E-state index in [-0.39, 0.29) is 24.5 Å². The summed E-state index contributed by atoms with van der Waals surface area (Å²) in [5, 5.41) is 0.244. The van der Waals surface area contributed by atoms with E-state index in [4.69, 9.17) is 9.47 Å². The maximum atomic E-state index is 12.7. The third-order valence-corrected chi connectivity index (χ3v) is 2.67. The fourth-order valence-corrected chi connectivity index (χ4v) is 1.51. The summed E-state index contributed by atoms with van der Waals surface area (Å²) in [7, 11) is 0. The summed E-state index contributed by atoms with van der Waals surface area (Å²) >= 11 is 1.15. The predicted octanol–water partition coefficient (Wildman–Crippen LogP) is 1.99. The highest BCUT2D eigenvalue weighted by Crippen LogP contribution is 2.36. The van der Waals surface area contributed by atoms with Crippen LogP contribution in [0.2, 0.25) is 0 Å². The number of halogens is 3. The number of hydrogen-bond donors (Lipinski definition) is 0. The van der Waals surface area contributed by atoms with Crippen LogP contribution in [0.5, 0.6) is 5.88 Å². The fourth-order valence-electron chi connectivity index (χ4n) is 1.17. The van der Waals surface area contributed by atoms with Gasteiger partial charge in [-0.3, -0.25) is 0 Å². The smallest absolute Gasteiger partial charge is 0.423 e. The lowest BCUT2D eigenvalue weighted by Gasteiger charge is -2.27. The molecule has 1 fully saturated rings. The summed E-state index contributed by atoms with van der Waals surface area (Å²) in [5.74, 6) is -0.426. The van der Waals surface area contributed by atoms with Crippen molar-refractivity contribution in [2.75, 3.05) is 19.5 Å². The molecule has 0 aromatic carbocycles. The number of nitrogens with zero attached hydrogens (tertiary/aromatic N) is 2. The highest BCUT2D eigenvalue weighted by Gasteiger charge is 2.37. The average Bonchev–Trinajstić information content (AvgIpc) is 2.21. The minimum absolute atomic E-state index is 0.244. The van der Waals surface area contributed by atoms with E-state index in [0.717, 1.165) is 18.0 Å². The van der Waals surface area contributed by atoms with Crippen LogP contribution in [0.4, 0.5) is 13.2 Å². The van der Waals surface area contributed by atoms with E-state index in [0.29, 0.717) is 0 Å². The van der Waals surface area contributed by atoms with Crippen molar-refractivity contribution in [2.45, 2.75) is 17.4 Å². The molecule has 0 amide bonds. The van der Waals surface area contributed by atoms with Gasteiger partial charge in [-0.2, -0.15) is 18.2 Å². The summed E-state index contributed by atoms with van der Waals surface area (Å²) in [6.07, 6.45) is -2.45. The van der Waals surface area contributed by atoms with Crippen molar-refractivity contribution in [3.8, 4) is 5.88 Å². The largest absolute Gasteiger partial charge is 0.469 e. The Morgan fingerprint density at radius 2 is 2.18 bits per heavy atom. The summed E-state index contributed by atoms with van der Waals surface area (Å²) in [5.41, 5.74) is -0.956. The Bertz CT molecular complexity index is 410. The topological polar surface area (TPSA) is 44.2 Å². The number of aromatic nitrogens is 2. The van der Waals surface area contributed by atoms with E-state index in [1.807, 2.05) is 0 Å². The molecule has 0 atom stereocenters. The second kappa shape index (κ2) is 4.69. The molecule has 1 aromatic rings. The van der Waals surface area contributed by atoms with Gasteiger partial charge in [-0.15, -0.1) is 0 Å². The zero-order chi connectivity index (χ0) is 12.5. The van der Waals surface area contributed by atoms with Gasteiger partial charge in [0.2, 0.25) is 5.88 Å². The van der Waals surface area contributed by atoms with Crippen LogP contribution in [0.3, 0.4) is 0 Å². The highest BCUT2D eigenvalue weighted by atomic mass is 32.2. The van der Waals surface area contributed by atoms with Crippen LogP contribution in [-0.2, 0) is 10.9 Å². The number of rotatable bonds is 3. The third kappa shape index (κ3) is 2.81. The van der Waals surface area contributed by atoms with E-state index >= 15 is 0 Å². The molecule has 0 bridgehead atoms. The van der Waals surface area contributed by atoms with Gasteiger partial charge in [-0.1, -0.05) is 11.8 Å². The van der Waals surface area contributed by atoms with Gasteiger partial charge in [-0.05, 0) is 6.26 Å². The number of thioether (sulfide) groups is 1. The van der Waals surface area contributed by atoms with E-state index < -0.39 is 17.6 Å². The van der Waals surface area contributed by atoms with Crippen molar-refractivity contribution in [3.63, 3.8) is 0 Å². The van der Waals surface area contributed by atoms with Crippen LogP contribution in [-0.4, -0.2) is 35.5 Å². The zero-order valence-corrected chi connectivity index (χ0v) is 9.64. The SMILES string of the molecule is CSc1ncc(C(F)(F)F)c(OC2COC2)n1. The Morgan fingerprint density at radius 1 is 1.47 bits per heavy atom. The molecule has 4 nitrogen and oxygen atoms in total. The Morgan fingerprint density at radius 3 is 2.65 bits per heavy atom. The molecule has 1 aliphatic heterocycles. The first-order valence-electron chi connectivity index (χ1n) is 4.73. The number of ether oxygens (including phenoxy) is 2. The summed E-state index contributed by atoms with van der Waals surface area (Å²) in [4.78, 5) is 7.33. The van der Waals surface area contributed by atoms with Gasteiger partial charge in [0, 0.05) is 6.20 Å². The molecular formula is C9H9F3N2O2S. The summed E-state index contributed by atoms with van der Waals surface area (Å²) in [6.45, 7) is 0.575. The van der Waals surface area contributed by atoms with Gasteiger partial charge in [0.25, 0.3) is 0 Å². The molecule has 17 heavy (non-hydrogen) atoms. The monoisotopic (exact) mass is 266 g/mol. The molecule has 0 unspecified atom stereocenters. The zero-order valence-electron chi connectivity index (χ0n) is 8.82. The summed E-state index contributed by atoms with van der Waals surface area (Å²) < 4.78 is 48.0. The van der Waals surface area contributed by atoms with Crippen molar-refractivity contribution >= 4 is 11.8 Å². The lowest BCUT2D eigenvalue weighted by molar-refractivity contribution is -0.143. The van der Waals surface area contributed by atoms with Crippen molar-refractivity contribution in [1.82, 2.24) is 9.97 Å². The molecule has 0 aliphatic carbocycles. The van der Waals surface area contributed by atoms with Gasteiger partial charge in [0.15, 0.2) is 5.16 Å². The average molecular weight is 266 g/mol. The van der Waals surface area contributed by atoms with Crippen LogP contribution in [0.15, 0.2) is 11.4 Å². The lowest BCUT2D eigenvalue weighted by Crippen LogP contribution is -2.39. The maximum Gasteiger partial charge on any atom is 0.423 e. The Labute approximate surface area is 99.5 Å². The third-order valence-electron chi connectivity index (χ3n) is 2.11. The standard InChI is InChI=1S/C9H9F3N2O2S/c1-17-8-13-2-6(9(10,11)12)7(14-8)16-5-3-15-4-5/h2,5H,3-4H2,1H3. The maximum absolute atomic E-state index is 12.7. The van der Waals surface area contributed by atoms with E-state index in [9.17, 15) is 13.2 Å². The Hall–Kier alpha value is -1.02. The molecular weight excluding hydrogens is 257 g/mol. The Balaban J connectivity index is 2.29. The second-order valence-corrected chi connectivity index (χ2v) is 4.12. The molecule has 2 rings (SSSR count). The number of hydrogen-bond acceptors (Lipinski definition) is 5. The highest BCUT2D eigenvalue weighted by molar-refractivity contribution is 7.98. The van der Waals surface area contributed by atoms with E-state index in [1.54, 1.807) is 6.26 Å². The van der Waals surface area contributed by atoms with Crippen LogP contribution >= 0.6 is 11.8 Å². The fraction of sp³-hybridized carbons (Fsp3) is 0.556. The van der Waals surface area contributed by atoms with Crippen molar-refractivity contribution < 1.29 is 22.6 Å². The van der Waals surface area contributed by atoms with E-state index in [2.05, 4.69) is 9.97 Å². The van der Waals surface area contributed by atoms with Crippen molar-refractivity contribution in [3.05, 3.63) is 11.8 Å². The number of alkyl halides is 3.